The third-order valence-electron chi connectivity index (χ3n) is 3.98. The van der Waals surface area contributed by atoms with Crippen molar-refractivity contribution in [3.8, 4) is 11.1 Å². The molecule has 2 heteroatoms. The van der Waals surface area contributed by atoms with Crippen LogP contribution in [0.2, 0.25) is 0 Å². The van der Waals surface area contributed by atoms with E-state index in [9.17, 15) is 5.11 Å². The van der Waals surface area contributed by atoms with Crippen LogP contribution in [-0.4, -0.2) is 17.8 Å². The van der Waals surface area contributed by atoms with Gasteiger partial charge in [0.25, 0.3) is 0 Å². The molecule has 0 fully saturated rings. The van der Waals surface area contributed by atoms with Crippen LogP contribution in [0.3, 0.4) is 0 Å². The summed E-state index contributed by atoms with van der Waals surface area (Å²) in [4.78, 5) is 0. The molecular weight excluding hydrogens is 246 g/mol. The lowest BCUT2D eigenvalue weighted by atomic mass is 10.1. The van der Waals surface area contributed by atoms with Crippen molar-refractivity contribution in [1.29, 1.82) is 0 Å². The van der Waals surface area contributed by atoms with E-state index in [0.717, 1.165) is 19.4 Å². The number of fused-ring (bicyclic) bond motifs is 3. The second-order valence-electron chi connectivity index (χ2n) is 5.55. The van der Waals surface area contributed by atoms with Crippen LogP contribution in [0.4, 0.5) is 0 Å². The third-order valence-corrected chi connectivity index (χ3v) is 3.98. The Hall–Kier alpha value is -1.64. The van der Waals surface area contributed by atoms with E-state index in [1.54, 1.807) is 0 Å². The van der Waals surface area contributed by atoms with Crippen molar-refractivity contribution in [2.24, 2.45) is 0 Å². The Bertz CT molecular complexity index is 546. The van der Waals surface area contributed by atoms with Gasteiger partial charge in [0.05, 0.1) is 12.1 Å². The van der Waals surface area contributed by atoms with Crippen LogP contribution >= 0.6 is 0 Å². The fraction of sp³-hybridized carbons (Fsp3) is 0.333. The molecule has 0 radical (unpaired) electrons. The molecule has 3 rings (SSSR count). The zero-order valence-corrected chi connectivity index (χ0v) is 11.8. The highest BCUT2D eigenvalue weighted by Crippen LogP contribution is 2.42. The van der Waals surface area contributed by atoms with E-state index in [1.807, 2.05) is 6.92 Å². The Kier molecular flexibility index (Phi) is 3.86. The molecule has 0 heterocycles. The van der Waals surface area contributed by atoms with Gasteiger partial charge in [0.15, 0.2) is 0 Å². The fourth-order valence-corrected chi connectivity index (χ4v) is 3.02. The Labute approximate surface area is 120 Å². The lowest BCUT2D eigenvalue weighted by molar-refractivity contribution is 0.181. The van der Waals surface area contributed by atoms with Gasteiger partial charge in [0.1, 0.15) is 0 Å². The summed E-state index contributed by atoms with van der Waals surface area (Å²) in [6, 6.07) is 17.5. The maximum absolute atomic E-state index is 9.33. The van der Waals surface area contributed by atoms with Crippen LogP contribution in [0.5, 0.6) is 0 Å². The fourth-order valence-electron chi connectivity index (χ4n) is 3.02. The predicted octanol–water partition coefficient (Wildman–Crippen LogP) is 3.51. The summed E-state index contributed by atoms with van der Waals surface area (Å²) in [5.41, 5.74) is 5.42. The number of hydrogen-bond donors (Lipinski definition) is 2. The zero-order chi connectivity index (χ0) is 13.9. The van der Waals surface area contributed by atoms with Gasteiger partial charge < -0.3 is 10.4 Å². The van der Waals surface area contributed by atoms with Gasteiger partial charge in [-0.3, -0.25) is 0 Å². The standard InChI is InChI=1S/C18H21NO/c1-13(20)7-6-12-19-18-16-10-4-2-8-14(16)15-9-3-5-11-17(15)18/h2-5,8-11,13,18-20H,6-7,12H2,1H3. The molecule has 2 aromatic rings. The van der Waals surface area contributed by atoms with Crippen molar-refractivity contribution in [3.05, 3.63) is 59.7 Å². The molecule has 1 unspecified atom stereocenters. The Morgan fingerprint density at radius 1 is 1.00 bits per heavy atom. The number of rotatable bonds is 5. The van der Waals surface area contributed by atoms with Crippen LogP contribution in [0.1, 0.15) is 36.9 Å². The summed E-state index contributed by atoms with van der Waals surface area (Å²) in [6.07, 6.45) is 1.64. The van der Waals surface area contributed by atoms with Crippen molar-refractivity contribution in [2.45, 2.75) is 31.9 Å². The van der Waals surface area contributed by atoms with Gasteiger partial charge in [0.2, 0.25) is 0 Å². The lowest BCUT2D eigenvalue weighted by Gasteiger charge is -2.16. The van der Waals surface area contributed by atoms with Crippen molar-refractivity contribution in [2.75, 3.05) is 6.54 Å². The molecule has 0 amide bonds. The minimum atomic E-state index is -0.208. The molecule has 0 aromatic heterocycles. The summed E-state index contributed by atoms with van der Waals surface area (Å²) in [5, 5.41) is 13.0. The molecule has 0 saturated carbocycles. The van der Waals surface area contributed by atoms with E-state index in [4.69, 9.17) is 0 Å². The van der Waals surface area contributed by atoms with Crippen molar-refractivity contribution < 1.29 is 5.11 Å². The van der Waals surface area contributed by atoms with Gasteiger partial charge >= 0.3 is 0 Å². The SMILES string of the molecule is CC(O)CCCNC1c2ccccc2-c2ccccc21. The average Bonchev–Trinajstić information content (AvgIpc) is 2.78. The summed E-state index contributed by atoms with van der Waals surface area (Å²) in [5.74, 6) is 0. The first-order valence-corrected chi connectivity index (χ1v) is 7.37. The number of aliphatic hydroxyl groups is 1. The molecule has 0 saturated heterocycles. The lowest BCUT2D eigenvalue weighted by Crippen LogP contribution is -2.22. The first-order valence-electron chi connectivity index (χ1n) is 7.37. The molecule has 20 heavy (non-hydrogen) atoms. The highest BCUT2D eigenvalue weighted by molar-refractivity contribution is 5.78. The quantitative estimate of drug-likeness (QED) is 0.813. The Morgan fingerprint density at radius 2 is 1.55 bits per heavy atom. The molecule has 0 spiro atoms. The smallest absolute Gasteiger partial charge is 0.0588 e. The van der Waals surface area contributed by atoms with Gasteiger partial charge in [-0.25, -0.2) is 0 Å². The van der Waals surface area contributed by atoms with Gasteiger partial charge in [-0.1, -0.05) is 48.5 Å². The normalized spacial score (nSPS) is 14.9. The second kappa shape index (κ2) is 5.78. The highest BCUT2D eigenvalue weighted by atomic mass is 16.3. The van der Waals surface area contributed by atoms with Crippen LogP contribution < -0.4 is 5.32 Å². The topological polar surface area (TPSA) is 32.3 Å². The van der Waals surface area contributed by atoms with Crippen LogP contribution in [0, 0.1) is 0 Å². The van der Waals surface area contributed by atoms with Gasteiger partial charge in [-0.2, -0.15) is 0 Å². The molecule has 1 atom stereocenters. The van der Waals surface area contributed by atoms with Gasteiger partial charge in [0, 0.05) is 0 Å². The van der Waals surface area contributed by atoms with Crippen molar-refractivity contribution in [3.63, 3.8) is 0 Å². The summed E-state index contributed by atoms with van der Waals surface area (Å²) in [7, 11) is 0. The van der Waals surface area contributed by atoms with E-state index in [-0.39, 0.29) is 12.1 Å². The zero-order valence-electron chi connectivity index (χ0n) is 11.8. The first kappa shape index (κ1) is 13.3. The monoisotopic (exact) mass is 267 g/mol. The van der Waals surface area contributed by atoms with Crippen LogP contribution in [-0.2, 0) is 0 Å². The van der Waals surface area contributed by atoms with E-state index in [0.29, 0.717) is 0 Å². The molecule has 104 valence electrons. The first-order chi connectivity index (χ1) is 9.77. The molecular formula is C18H21NO. The van der Waals surface area contributed by atoms with Gasteiger partial charge in [-0.15, -0.1) is 0 Å². The van der Waals surface area contributed by atoms with E-state index >= 15 is 0 Å². The Morgan fingerprint density at radius 3 is 2.10 bits per heavy atom. The molecule has 0 aliphatic heterocycles. The van der Waals surface area contributed by atoms with Crippen LogP contribution in [0.25, 0.3) is 11.1 Å². The molecule has 2 nitrogen and oxygen atoms in total. The number of aliphatic hydroxyl groups excluding tert-OH is 1. The molecule has 2 N–H and O–H groups in total. The van der Waals surface area contributed by atoms with Crippen molar-refractivity contribution >= 4 is 0 Å². The predicted molar refractivity (Wildman–Crippen MR) is 82.6 cm³/mol. The highest BCUT2D eigenvalue weighted by Gasteiger charge is 2.27. The summed E-state index contributed by atoms with van der Waals surface area (Å²) < 4.78 is 0. The Balaban J connectivity index is 1.80. The molecule has 1 aliphatic rings. The average molecular weight is 267 g/mol. The minimum absolute atomic E-state index is 0.208. The van der Waals surface area contributed by atoms with E-state index < -0.39 is 0 Å². The molecule has 1 aliphatic carbocycles. The summed E-state index contributed by atoms with van der Waals surface area (Å²) >= 11 is 0. The summed E-state index contributed by atoms with van der Waals surface area (Å²) in [6.45, 7) is 2.78. The van der Waals surface area contributed by atoms with Crippen LogP contribution in [0.15, 0.2) is 48.5 Å². The maximum atomic E-state index is 9.33. The number of nitrogens with one attached hydrogen (secondary N) is 1. The van der Waals surface area contributed by atoms with E-state index in [1.165, 1.54) is 22.3 Å². The largest absolute Gasteiger partial charge is 0.393 e. The van der Waals surface area contributed by atoms with Crippen molar-refractivity contribution in [1.82, 2.24) is 5.32 Å². The molecule has 2 aromatic carbocycles. The third kappa shape index (κ3) is 2.49. The van der Waals surface area contributed by atoms with Gasteiger partial charge in [-0.05, 0) is 48.6 Å². The molecule has 0 bridgehead atoms. The number of hydrogen-bond acceptors (Lipinski definition) is 2. The minimum Gasteiger partial charge on any atom is -0.393 e. The maximum Gasteiger partial charge on any atom is 0.0588 e. The number of benzene rings is 2. The second-order valence-corrected chi connectivity index (χ2v) is 5.55. The van der Waals surface area contributed by atoms with E-state index in [2.05, 4.69) is 53.8 Å².